The van der Waals surface area contributed by atoms with E-state index >= 15 is 0 Å². The molecule has 2 amide bonds. The molecule has 27 heavy (non-hydrogen) atoms. The highest BCUT2D eigenvalue weighted by Gasteiger charge is 2.56. The minimum absolute atomic E-state index is 0.0502. The predicted octanol–water partition coefficient (Wildman–Crippen LogP) is 0.422. The lowest BCUT2D eigenvalue weighted by Crippen LogP contribution is -2.71. The second-order valence-electron chi connectivity index (χ2n) is 5.94. The van der Waals surface area contributed by atoms with Gasteiger partial charge in [0.1, 0.15) is 17.1 Å². The minimum atomic E-state index is -1.16. The van der Waals surface area contributed by atoms with E-state index in [2.05, 4.69) is 4.98 Å². The number of carboxylic acid groups (broad SMARTS) is 1. The molecule has 2 unspecified atom stereocenters. The van der Waals surface area contributed by atoms with Crippen molar-refractivity contribution in [2.24, 2.45) is 5.73 Å². The zero-order valence-electron chi connectivity index (χ0n) is 13.9. The highest BCUT2D eigenvalue weighted by Crippen LogP contribution is 2.42. The number of amides is 2. The second kappa shape index (κ2) is 6.51. The number of β-lactam (4-membered cyclic amide) rings is 1. The first-order chi connectivity index (χ1) is 12.9. The van der Waals surface area contributed by atoms with Crippen molar-refractivity contribution in [1.29, 1.82) is 0 Å². The summed E-state index contributed by atoms with van der Waals surface area (Å²) in [6.07, 6.45) is 1.50. The van der Waals surface area contributed by atoms with Crippen LogP contribution in [0.5, 0.6) is 0 Å². The molecule has 2 aromatic rings. The number of hydrogen-bond donors (Lipinski definition) is 3. The number of nitrogens with zero attached hydrogens (tertiary/aromatic N) is 3. The number of anilines is 2. The summed E-state index contributed by atoms with van der Waals surface area (Å²) >= 11 is 2.68. The summed E-state index contributed by atoms with van der Waals surface area (Å²) < 4.78 is 0.783. The quantitative estimate of drug-likeness (QED) is 0.621. The van der Waals surface area contributed by atoms with Crippen molar-refractivity contribution in [3.05, 3.63) is 30.0 Å². The number of carbonyl (C=O) groups is 3. The van der Waals surface area contributed by atoms with Crippen molar-refractivity contribution in [2.75, 3.05) is 22.9 Å². The standard InChI is InChI=1S/C16H15N5O4S2/c17-6-11(22)20(7-1-2-8-10(5-7)27-16(18)19-8)12-13(23)21-9(15(24)25)3-4-26-14(12)21/h1-3,5,12,14H,4,6,17H2,(H2,18,19)(H,24,25). The van der Waals surface area contributed by atoms with Gasteiger partial charge in [-0.05, 0) is 24.3 Å². The van der Waals surface area contributed by atoms with E-state index in [1.54, 1.807) is 18.2 Å². The lowest BCUT2D eigenvalue weighted by molar-refractivity contribution is -0.148. The Hall–Kier alpha value is -2.63. The summed E-state index contributed by atoms with van der Waals surface area (Å²) in [7, 11) is 0. The maximum Gasteiger partial charge on any atom is 0.352 e. The zero-order chi connectivity index (χ0) is 19.3. The van der Waals surface area contributed by atoms with Gasteiger partial charge in [0, 0.05) is 11.4 Å². The normalized spacial score (nSPS) is 21.4. The van der Waals surface area contributed by atoms with Gasteiger partial charge in [0.05, 0.1) is 16.8 Å². The van der Waals surface area contributed by atoms with Gasteiger partial charge in [-0.3, -0.25) is 19.4 Å². The van der Waals surface area contributed by atoms with Crippen LogP contribution in [-0.2, 0) is 14.4 Å². The van der Waals surface area contributed by atoms with E-state index in [1.165, 1.54) is 39.0 Å². The Balaban J connectivity index is 1.73. The number of aliphatic carboxylic acids is 1. The number of nitrogen functional groups attached to an aromatic ring is 1. The van der Waals surface area contributed by atoms with Crippen LogP contribution < -0.4 is 16.4 Å². The maximum atomic E-state index is 12.8. The van der Waals surface area contributed by atoms with Crippen molar-refractivity contribution >= 4 is 61.9 Å². The molecule has 9 nitrogen and oxygen atoms in total. The molecule has 2 aliphatic rings. The number of thioether (sulfide) groups is 1. The first kappa shape index (κ1) is 17.8. The predicted molar refractivity (Wildman–Crippen MR) is 103 cm³/mol. The van der Waals surface area contributed by atoms with Gasteiger partial charge in [0.2, 0.25) is 5.91 Å². The number of fused-ring (bicyclic) bond motifs is 2. The molecule has 2 atom stereocenters. The smallest absolute Gasteiger partial charge is 0.352 e. The summed E-state index contributed by atoms with van der Waals surface area (Å²) in [5, 5.41) is 9.25. The van der Waals surface area contributed by atoms with Crippen LogP contribution in [0.1, 0.15) is 0 Å². The number of thiazole rings is 1. The zero-order valence-corrected chi connectivity index (χ0v) is 15.5. The Kier molecular flexibility index (Phi) is 4.29. The molecule has 4 rings (SSSR count). The average molecular weight is 405 g/mol. The van der Waals surface area contributed by atoms with Gasteiger partial charge in [0.25, 0.3) is 5.91 Å². The molecule has 0 bridgehead atoms. The number of carboxylic acids is 1. The minimum Gasteiger partial charge on any atom is -0.477 e. The van der Waals surface area contributed by atoms with Crippen LogP contribution in [0.3, 0.4) is 0 Å². The number of hydrogen-bond acceptors (Lipinski definition) is 8. The molecule has 1 fully saturated rings. The molecule has 3 heterocycles. The first-order valence-electron chi connectivity index (χ1n) is 7.98. The summed E-state index contributed by atoms with van der Waals surface area (Å²) in [5.41, 5.74) is 12.5. The number of benzene rings is 1. The molecule has 11 heteroatoms. The van der Waals surface area contributed by atoms with Crippen LogP contribution in [-0.4, -0.2) is 56.5 Å². The Morgan fingerprint density at radius 3 is 2.89 bits per heavy atom. The van der Waals surface area contributed by atoms with E-state index in [4.69, 9.17) is 11.5 Å². The molecular formula is C16H15N5O4S2. The van der Waals surface area contributed by atoms with Crippen molar-refractivity contribution in [2.45, 2.75) is 11.4 Å². The van der Waals surface area contributed by atoms with Gasteiger partial charge in [-0.2, -0.15) is 0 Å². The van der Waals surface area contributed by atoms with Gasteiger partial charge in [-0.15, -0.1) is 11.8 Å². The van der Waals surface area contributed by atoms with Crippen molar-refractivity contribution in [3.8, 4) is 0 Å². The third kappa shape index (κ3) is 2.74. The number of nitrogens with two attached hydrogens (primary N) is 2. The van der Waals surface area contributed by atoms with Gasteiger partial charge in [-0.25, -0.2) is 9.78 Å². The Bertz CT molecular complexity index is 1000. The molecule has 1 aromatic carbocycles. The summed E-state index contributed by atoms with van der Waals surface area (Å²) in [5.74, 6) is -1.57. The number of aromatic nitrogens is 1. The largest absolute Gasteiger partial charge is 0.477 e. The molecule has 0 aliphatic carbocycles. The van der Waals surface area contributed by atoms with Crippen molar-refractivity contribution in [1.82, 2.24) is 9.88 Å². The van der Waals surface area contributed by atoms with Gasteiger partial charge in [0.15, 0.2) is 5.13 Å². The molecule has 140 valence electrons. The fourth-order valence-corrected chi connectivity index (χ4v) is 5.27. The van der Waals surface area contributed by atoms with Crippen LogP contribution >= 0.6 is 23.1 Å². The number of carbonyl (C=O) groups excluding carboxylic acids is 2. The first-order valence-corrected chi connectivity index (χ1v) is 9.85. The molecule has 5 N–H and O–H groups in total. The highest BCUT2D eigenvalue weighted by molar-refractivity contribution is 8.00. The Labute approximate surface area is 161 Å². The fourth-order valence-electron chi connectivity index (χ4n) is 3.26. The molecule has 0 spiro atoms. The average Bonchev–Trinajstić information content (AvgIpc) is 3.03. The Morgan fingerprint density at radius 2 is 2.19 bits per heavy atom. The molecular weight excluding hydrogens is 390 g/mol. The number of rotatable bonds is 4. The molecule has 1 saturated heterocycles. The molecule has 0 saturated carbocycles. The van der Waals surface area contributed by atoms with Crippen LogP contribution in [0.2, 0.25) is 0 Å². The van der Waals surface area contributed by atoms with Gasteiger partial charge in [-0.1, -0.05) is 11.3 Å². The maximum absolute atomic E-state index is 12.8. The molecule has 0 radical (unpaired) electrons. The van der Waals surface area contributed by atoms with Crippen LogP contribution in [0.25, 0.3) is 10.2 Å². The monoisotopic (exact) mass is 405 g/mol. The summed E-state index contributed by atoms with van der Waals surface area (Å²) in [4.78, 5) is 43.5. The second-order valence-corrected chi connectivity index (χ2v) is 8.16. The Morgan fingerprint density at radius 1 is 1.41 bits per heavy atom. The van der Waals surface area contributed by atoms with E-state index in [9.17, 15) is 19.5 Å². The van der Waals surface area contributed by atoms with Crippen LogP contribution in [0.4, 0.5) is 10.8 Å². The van der Waals surface area contributed by atoms with E-state index in [-0.39, 0.29) is 12.2 Å². The van der Waals surface area contributed by atoms with Crippen molar-refractivity contribution < 1.29 is 19.5 Å². The van der Waals surface area contributed by atoms with Gasteiger partial charge >= 0.3 is 5.97 Å². The van der Waals surface area contributed by atoms with Crippen LogP contribution in [0, 0.1) is 0 Å². The summed E-state index contributed by atoms with van der Waals surface area (Å²) in [6, 6.07) is 4.35. The van der Waals surface area contributed by atoms with Crippen molar-refractivity contribution in [3.63, 3.8) is 0 Å². The van der Waals surface area contributed by atoms with E-state index in [0.717, 1.165) is 4.70 Å². The lowest BCUT2D eigenvalue weighted by Gasteiger charge is -2.51. The third-order valence-electron chi connectivity index (χ3n) is 4.43. The fraction of sp³-hybridized carbons (Fsp3) is 0.250. The summed E-state index contributed by atoms with van der Waals surface area (Å²) in [6.45, 7) is -0.272. The highest BCUT2D eigenvalue weighted by atomic mass is 32.2. The van der Waals surface area contributed by atoms with E-state index in [0.29, 0.717) is 22.1 Å². The lowest BCUT2D eigenvalue weighted by atomic mass is 10.0. The van der Waals surface area contributed by atoms with E-state index < -0.39 is 29.2 Å². The molecule has 1 aromatic heterocycles. The topological polar surface area (TPSA) is 143 Å². The van der Waals surface area contributed by atoms with Crippen LogP contribution in [0.15, 0.2) is 30.0 Å². The van der Waals surface area contributed by atoms with Gasteiger partial charge < -0.3 is 16.6 Å². The third-order valence-corrected chi connectivity index (χ3v) is 6.44. The SMILES string of the molecule is NCC(=O)N(c1ccc2nc(N)sc2c1)C1C(=O)N2C(C(=O)O)=CCSC12. The van der Waals surface area contributed by atoms with E-state index in [1.807, 2.05) is 0 Å². The molecule has 2 aliphatic heterocycles.